The number of hydrogen-bond acceptors (Lipinski definition) is 4. The normalized spacial score (nSPS) is 11.8. The van der Waals surface area contributed by atoms with E-state index in [0.717, 1.165) is 18.5 Å². The third-order valence-electron chi connectivity index (χ3n) is 2.90. The first-order valence-corrected chi connectivity index (χ1v) is 6.56. The summed E-state index contributed by atoms with van der Waals surface area (Å²) in [7, 11) is 0. The van der Waals surface area contributed by atoms with Crippen LogP contribution in [-0.2, 0) is 11.2 Å². The zero-order valence-corrected chi connectivity index (χ0v) is 11.3. The molecule has 2 N–H and O–H groups in total. The van der Waals surface area contributed by atoms with E-state index in [-0.39, 0.29) is 0 Å². The van der Waals surface area contributed by atoms with Crippen LogP contribution in [0.4, 0.5) is 5.82 Å². The van der Waals surface area contributed by atoms with E-state index in [0.29, 0.717) is 11.4 Å². The van der Waals surface area contributed by atoms with Gasteiger partial charge in [-0.1, -0.05) is 43.7 Å². The Bertz CT molecular complexity index is 572. The molecule has 5 heteroatoms. The molecular weight excluding hydrogens is 254 g/mol. The number of carboxylic acid groups (broad SMARTS) is 1. The van der Waals surface area contributed by atoms with E-state index in [1.807, 2.05) is 18.2 Å². The third kappa shape index (κ3) is 3.54. The molecule has 2 rings (SSSR count). The van der Waals surface area contributed by atoms with Gasteiger partial charge in [-0.3, -0.25) is 0 Å². The van der Waals surface area contributed by atoms with Crippen molar-refractivity contribution in [2.75, 3.05) is 5.32 Å². The minimum Gasteiger partial charge on any atom is -0.479 e. The second-order valence-corrected chi connectivity index (χ2v) is 4.47. The first kappa shape index (κ1) is 14.0. The summed E-state index contributed by atoms with van der Waals surface area (Å²) >= 11 is 0. The number of aromatic nitrogens is 2. The quantitative estimate of drug-likeness (QED) is 0.844. The smallest absolute Gasteiger partial charge is 0.330 e. The van der Waals surface area contributed by atoms with Gasteiger partial charge < -0.3 is 10.4 Å². The van der Waals surface area contributed by atoms with Crippen LogP contribution in [0.2, 0.25) is 0 Å². The maximum absolute atomic E-state index is 11.4. The molecule has 1 aromatic heterocycles. The van der Waals surface area contributed by atoms with E-state index in [2.05, 4.69) is 22.2 Å². The molecule has 1 atom stereocenters. The van der Waals surface area contributed by atoms with Crippen molar-refractivity contribution < 1.29 is 9.90 Å². The summed E-state index contributed by atoms with van der Waals surface area (Å²) in [6.07, 6.45) is 3.29. The second kappa shape index (κ2) is 6.65. The van der Waals surface area contributed by atoms with E-state index in [4.69, 9.17) is 0 Å². The highest BCUT2D eigenvalue weighted by Crippen LogP contribution is 2.18. The van der Waals surface area contributed by atoms with E-state index < -0.39 is 12.0 Å². The number of rotatable bonds is 6. The number of carboxylic acids is 1. The molecular formula is C15H17N3O2. The Morgan fingerprint density at radius 3 is 2.70 bits per heavy atom. The van der Waals surface area contributed by atoms with Crippen LogP contribution in [0.5, 0.6) is 0 Å². The standard InChI is InChI=1S/C15H17N3O2/c1-2-6-12-9-13(17-10-16-12)18-14(15(19)20)11-7-4-3-5-8-11/h3-5,7-10,14H,2,6H2,1H3,(H,19,20)(H,16,17,18). The summed E-state index contributed by atoms with van der Waals surface area (Å²) in [4.78, 5) is 19.6. The fraction of sp³-hybridized carbons (Fsp3) is 0.267. The van der Waals surface area contributed by atoms with E-state index in [1.54, 1.807) is 18.2 Å². The number of hydrogen-bond donors (Lipinski definition) is 2. The Labute approximate surface area is 117 Å². The summed E-state index contributed by atoms with van der Waals surface area (Å²) in [5, 5.41) is 12.3. The number of nitrogens with one attached hydrogen (secondary N) is 1. The van der Waals surface area contributed by atoms with Crippen molar-refractivity contribution in [2.45, 2.75) is 25.8 Å². The Hall–Kier alpha value is -2.43. The highest BCUT2D eigenvalue weighted by molar-refractivity contribution is 5.78. The molecule has 0 aliphatic carbocycles. The van der Waals surface area contributed by atoms with Gasteiger partial charge in [-0.05, 0) is 12.0 Å². The monoisotopic (exact) mass is 271 g/mol. The zero-order chi connectivity index (χ0) is 14.4. The third-order valence-corrected chi connectivity index (χ3v) is 2.90. The maximum atomic E-state index is 11.4. The van der Waals surface area contributed by atoms with Crippen LogP contribution in [-0.4, -0.2) is 21.0 Å². The predicted octanol–water partition coefficient (Wildman–Crippen LogP) is 2.67. The Morgan fingerprint density at radius 2 is 2.05 bits per heavy atom. The van der Waals surface area contributed by atoms with Crippen LogP contribution in [0, 0.1) is 0 Å². The average Bonchev–Trinajstić information content (AvgIpc) is 2.46. The first-order chi connectivity index (χ1) is 9.70. The van der Waals surface area contributed by atoms with Gasteiger partial charge in [0.05, 0.1) is 0 Å². The molecule has 0 radical (unpaired) electrons. The average molecular weight is 271 g/mol. The lowest BCUT2D eigenvalue weighted by Gasteiger charge is -2.15. The minimum atomic E-state index is -0.938. The summed E-state index contributed by atoms with van der Waals surface area (Å²) in [5.74, 6) is -0.411. The lowest BCUT2D eigenvalue weighted by atomic mass is 10.1. The Balaban J connectivity index is 2.21. The van der Waals surface area contributed by atoms with Crippen molar-refractivity contribution in [2.24, 2.45) is 0 Å². The molecule has 0 aliphatic rings. The van der Waals surface area contributed by atoms with Crippen LogP contribution in [0.25, 0.3) is 0 Å². The minimum absolute atomic E-state index is 0.528. The number of anilines is 1. The topological polar surface area (TPSA) is 75.1 Å². The molecule has 1 heterocycles. The van der Waals surface area contributed by atoms with Crippen molar-refractivity contribution in [1.29, 1.82) is 0 Å². The molecule has 2 aromatic rings. The molecule has 20 heavy (non-hydrogen) atoms. The molecule has 5 nitrogen and oxygen atoms in total. The maximum Gasteiger partial charge on any atom is 0.330 e. The van der Waals surface area contributed by atoms with E-state index >= 15 is 0 Å². The first-order valence-electron chi connectivity index (χ1n) is 6.56. The molecule has 0 bridgehead atoms. The number of benzene rings is 1. The van der Waals surface area contributed by atoms with Crippen molar-refractivity contribution in [3.63, 3.8) is 0 Å². The van der Waals surface area contributed by atoms with Crippen LogP contribution >= 0.6 is 0 Å². The van der Waals surface area contributed by atoms with Gasteiger partial charge in [-0.2, -0.15) is 0 Å². The van der Waals surface area contributed by atoms with E-state index in [1.165, 1.54) is 6.33 Å². The summed E-state index contributed by atoms with van der Waals surface area (Å²) in [6.45, 7) is 2.07. The van der Waals surface area contributed by atoms with Gasteiger partial charge in [0.1, 0.15) is 12.1 Å². The lowest BCUT2D eigenvalue weighted by molar-refractivity contribution is -0.138. The summed E-state index contributed by atoms with van der Waals surface area (Å²) < 4.78 is 0. The number of nitrogens with zero attached hydrogens (tertiary/aromatic N) is 2. The number of aryl methyl sites for hydroxylation is 1. The van der Waals surface area contributed by atoms with Gasteiger partial charge in [-0.25, -0.2) is 14.8 Å². The predicted molar refractivity (Wildman–Crippen MR) is 76.5 cm³/mol. The van der Waals surface area contributed by atoms with Crippen LogP contribution < -0.4 is 5.32 Å². The molecule has 0 saturated heterocycles. The molecule has 1 aromatic carbocycles. The van der Waals surface area contributed by atoms with Gasteiger partial charge in [0.15, 0.2) is 6.04 Å². The van der Waals surface area contributed by atoms with Gasteiger partial charge in [0, 0.05) is 11.8 Å². The lowest BCUT2D eigenvalue weighted by Crippen LogP contribution is -2.21. The molecule has 0 amide bonds. The van der Waals surface area contributed by atoms with E-state index in [9.17, 15) is 9.90 Å². The highest BCUT2D eigenvalue weighted by Gasteiger charge is 2.19. The van der Waals surface area contributed by atoms with Crippen molar-refractivity contribution in [1.82, 2.24) is 9.97 Å². The molecule has 0 aliphatic heterocycles. The number of aliphatic carboxylic acids is 1. The van der Waals surface area contributed by atoms with Gasteiger partial charge in [0.25, 0.3) is 0 Å². The largest absolute Gasteiger partial charge is 0.479 e. The fourth-order valence-electron chi connectivity index (χ4n) is 1.95. The van der Waals surface area contributed by atoms with Crippen molar-refractivity contribution in [3.05, 3.63) is 54.0 Å². The molecule has 0 saturated carbocycles. The molecule has 0 spiro atoms. The van der Waals surface area contributed by atoms with Crippen molar-refractivity contribution >= 4 is 11.8 Å². The van der Waals surface area contributed by atoms with Gasteiger partial charge in [-0.15, -0.1) is 0 Å². The Morgan fingerprint density at radius 1 is 1.30 bits per heavy atom. The zero-order valence-electron chi connectivity index (χ0n) is 11.3. The van der Waals surface area contributed by atoms with Gasteiger partial charge >= 0.3 is 5.97 Å². The number of carbonyl (C=O) groups is 1. The van der Waals surface area contributed by atoms with Crippen LogP contribution in [0.1, 0.15) is 30.6 Å². The van der Waals surface area contributed by atoms with Crippen molar-refractivity contribution in [3.8, 4) is 0 Å². The summed E-state index contributed by atoms with van der Waals surface area (Å²) in [6, 6.07) is 10.0. The summed E-state index contributed by atoms with van der Waals surface area (Å²) in [5.41, 5.74) is 1.60. The van der Waals surface area contributed by atoms with Crippen LogP contribution in [0.15, 0.2) is 42.7 Å². The van der Waals surface area contributed by atoms with Gasteiger partial charge in [0.2, 0.25) is 0 Å². The fourth-order valence-corrected chi connectivity index (χ4v) is 1.95. The Kier molecular flexibility index (Phi) is 4.65. The second-order valence-electron chi connectivity index (χ2n) is 4.47. The van der Waals surface area contributed by atoms with Crippen LogP contribution in [0.3, 0.4) is 0 Å². The molecule has 1 unspecified atom stereocenters. The molecule has 0 fully saturated rings. The highest BCUT2D eigenvalue weighted by atomic mass is 16.4. The SMILES string of the molecule is CCCc1cc(NC(C(=O)O)c2ccccc2)ncn1. The molecule has 104 valence electrons.